The standard InChI is InChI=1S/C18H29NO3/c1-2-3-4-5-6-7-8-9-10-15-22-18(21)19-16-11-13-17(20)14-12-16/h11-14,20H,2-10,15H2,1H3,(H,19,21). The number of benzene rings is 1. The van der Waals surface area contributed by atoms with Crippen LogP contribution in [-0.4, -0.2) is 17.8 Å². The molecule has 1 amide bonds. The smallest absolute Gasteiger partial charge is 0.411 e. The Labute approximate surface area is 133 Å². The summed E-state index contributed by atoms with van der Waals surface area (Å²) < 4.78 is 5.12. The summed E-state index contributed by atoms with van der Waals surface area (Å²) in [6, 6.07) is 6.32. The fraction of sp³-hybridized carbons (Fsp3) is 0.611. The van der Waals surface area contributed by atoms with Crippen LogP contribution in [0.4, 0.5) is 10.5 Å². The summed E-state index contributed by atoms with van der Waals surface area (Å²) in [5.74, 6) is 0.175. The molecule has 1 rings (SSSR count). The Kier molecular flexibility index (Phi) is 9.92. The van der Waals surface area contributed by atoms with Crippen molar-refractivity contribution in [2.45, 2.75) is 64.7 Å². The Balaban J connectivity index is 1.93. The second-order valence-corrected chi connectivity index (χ2v) is 5.64. The Morgan fingerprint density at radius 3 is 2.09 bits per heavy atom. The fourth-order valence-electron chi connectivity index (χ4n) is 2.28. The molecule has 0 aliphatic carbocycles. The van der Waals surface area contributed by atoms with Crippen molar-refractivity contribution in [2.24, 2.45) is 0 Å². The quantitative estimate of drug-likeness (QED) is 0.421. The Hall–Kier alpha value is -1.71. The van der Waals surface area contributed by atoms with Crippen LogP contribution < -0.4 is 5.32 Å². The van der Waals surface area contributed by atoms with Crippen molar-refractivity contribution in [1.82, 2.24) is 0 Å². The van der Waals surface area contributed by atoms with E-state index in [1.165, 1.54) is 57.1 Å². The van der Waals surface area contributed by atoms with Gasteiger partial charge in [0.1, 0.15) is 5.75 Å². The zero-order valence-corrected chi connectivity index (χ0v) is 13.6. The van der Waals surface area contributed by atoms with E-state index in [2.05, 4.69) is 12.2 Å². The van der Waals surface area contributed by atoms with Gasteiger partial charge >= 0.3 is 6.09 Å². The molecule has 0 saturated carbocycles. The molecule has 0 fully saturated rings. The van der Waals surface area contributed by atoms with Gasteiger partial charge in [0.15, 0.2) is 0 Å². The zero-order chi connectivity index (χ0) is 16.0. The molecule has 4 nitrogen and oxygen atoms in total. The number of hydrogen-bond acceptors (Lipinski definition) is 3. The second kappa shape index (κ2) is 11.9. The van der Waals surface area contributed by atoms with Gasteiger partial charge < -0.3 is 9.84 Å². The normalized spacial score (nSPS) is 10.4. The molecule has 0 heterocycles. The monoisotopic (exact) mass is 307 g/mol. The topological polar surface area (TPSA) is 58.6 Å². The molecule has 124 valence electrons. The molecule has 2 N–H and O–H groups in total. The van der Waals surface area contributed by atoms with Gasteiger partial charge in [-0.25, -0.2) is 4.79 Å². The molecule has 0 bridgehead atoms. The predicted molar refractivity (Wildman–Crippen MR) is 90.3 cm³/mol. The van der Waals surface area contributed by atoms with E-state index in [0.29, 0.717) is 12.3 Å². The first kappa shape index (κ1) is 18.3. The number of unbranched alkanes of at least 4 members (excludes halogenated alkanes) is 8. The van der Waals surface area contributed by atoms with Gasteiger partial charge in [0.2, 0.25) is 0 Å². The lowest BCUT2D eigenvalue weighted by molar-refractivity contribution is 0.159. The summed E-state index contributed by atoms with van der Waals surface area (Å²) in [6.07, 6.45) is 10.8. The highest BCUT2D eigenvalue weighted by Crippen LogP contribution is 2.14. The van der Waals surface area contributed by atoms with Crippen molar-refractivity contribution in [2.75, 3.05) is 11.9 Å². The van der Waals surface area contributed by atoms with Crippen LogP contribution >= 0.6 is 0 Å². The van der Waals surface area contributed by atoms with E-state index < -0.39 is 6.09 Å². The second-order valence-electron chi connectivity index (χ2n) is 5.64. The number of phenolic OH excluding ortho intramolecular Hbond substituents is 1. The maximum atomic E-state index is 11.5. The summed E-state index contributed by atoms with van der Waals surface area (Å²) >= 11 is 0. The average molecular weight is 307 g/mol. The number of carbonyl (C=O) groups excluding carboxylic acids is 1. The maximum absolute atomic E-state index is 11.5. The molecule has 4 heteroatoms. The summed E-state index contributed by atoms with van der Waals surface area (Å²) in [5.41, 5.74) is 0.620. The highest BCUT2D eigenvalue weighted by atomic mass is 16.5. The lowest BCUT2D eigenvalue weighted by Gasteiger charge is -2.07. The number of phenols is 1. The van der Waals surface area contributed by atoms with Gasteiger partial charge in [0, 0.05) is 5.69 Å². The molecule has 0 radical (unpaired) electrons. The SMILES string of the molecule is CCCCCCCCCCCOC(=O)Nc1ccc(O)cc1. The summed E-state index contributed by atoms with van der Waals surface area (Å²) in [5, 5.41) is 11.8. The summed E-state index contributed by atoms with van der Waals surface area (Å²) in [4.78, 5) is 11.5. The number of nitrogens with one attached hydrogen (secondary N) is 1. The van der Waals surface area contributed by atoms with Crippen molar-refractivity contribution in [3.63, 3.8) is 0 Å². The minimum Gasteiger partial charge on any atom is -0.508 e. The Morgan fingerprint density at radius 2 is 1.50 bits per heavy atom. The number of aromatic hydroxyl groups is 1. The van der Waals surface area contributed by atoms with Gasteiger partial charge in [-0.15, -0.1) is 0 Å². The fourth-order valence-corrected chi connectivity index (χ4v) is 2.28. The van der Waals surface area contributed by atoms with Gasteiger partial charge in [-0.2, -0.15) is 0 Å². The number of amides is 1. The zero-order valence-electron chi connectivity index (χ0n) is 13.6. The number of anilines is 1. The summed E-state index contributed by atoms with van der Waals surface area (Å²) in [7, 11) is 0. The van der Waals surface area contributed by atoms with Gasteiger partial charge in [-0.3, -0.25) is 5.32 Å². The van der Waals surface area contributed by atoms with Crippen LogP contribution in [0.3, 0.4) is 0 Å². The third-order valence-electron chi connectivity index (χ3n) is 3.59. The van der Waals surface area contributed by atoms with E-state index in [4.69, 9.17) is 9.84 Å². The predicted octanol–water partition coefficient (Wildman–Crippen LogP) is 5.47. The van der Waals surface area contributed by atoms with Crippen LogP contribution in [-0.2, 0) is 4.74 Å². The molecule has 22 heavy (non-hydrogen) atoms. The van der Waals surface area contributed by atoms with Crippen LogP contribution in [0.15, 0.2) is 24.3 Å². The first-order valence-electron chi connectivity index (χ1n) is 8.45. The minimum absolute atomic E-state index is 0.175. The summed E-state index contributed by atoms with van der Waals surface area (Å²) in [6.45, 7) is 2.69. The third kappa shape index (κ3) is 9.27. The molecule has 1 aromatic rings. The van der Waals surface area contributed by atoms with E-state index in [9.17, 15) is 4.79 Å². The molecule has 0 atom stereocenters. The lowest BCUT2D eigenvalue weighted by atomic mass is 10.1. The maximum Gasteiger partial charge on any atom is 0.411 e. The largest absolute Gasteiger partial charge is 0.508 e. The Bertz CT molecular complexity index is 403. The van der Waals surface area contributed by atoms with Crippen LogP contribution in [0, 0.1) is 0 Å². The van der Waals surface area contributed by atoms with Crippen LogP contribution in [0.2, 0.25) is 0 Å². The minimum atomic E-state index is -0.440. The van der Waals surface area contributed by atoms with Gasteiger partial charge in [-0.05, 0) is 30.7 Å². The number of hydrogen-bond donors (Lipinski definition) is 2. The van der Waals surface area contributed by atoms with E-state index in [0.717, 1.165) is 12.8 Å². The van der Waals surface area contributed by atoms with Crippen molar-refractivity contribution >= 4 is 11.8 Å². The molecular formula is C18H29NO3. The van der Waals surface area contributed by atoms with Crippen molar-refractivity contribution in [3.05, 3.63) is 24.3 Å². The molecular weight excluding hydrogens is 278 g/mol. The van der Waals surface area contributed by atoms with E-state index >= 15 is 0 Å². The number of carbonyl (C=O) groups is 1. The van der Waals surface area contributed by atoms with E-state index in [1.807, 2.05) is 0 Å². The number of rotatable bonds is 11. The van der Waals surface area contributed by atoms with Crippen LogP contribution in [0.1, 0.15) is 64.7 Å². The van der Waals surface area contributed by atoms with Crippen LogP contribution in [0.25, 0.3) is 0 Å². The molecule has 0 unspecified atom stereocenters. The molecule has 0 saturated heterocycles. The third-order valence-corrected chi connectivity index (χ3v) is 3.59. The van der Waals surface area contributed by atoms with E-state index in [-0.39, 0.29) is 5.75 Å². The van der Waals surface area contributed by atoms with Gasteiger partial charge in [0.25, 0.3) is 0 Å². The van der Waals surface area contributed by atoms with E-state index in [1.54, 1.807) is 12.1 Å². The molecule has 0 spiro atoms. The average Bonchev–Trinajstić information content (AvgIpc) is 2.51. The van der Waals surface area contributed by atoms with Crippen molar-refractivity contribution in [1.29, 1.82) is 0 Å². The van der Waals surface area contributed by atoms with Crippen molar-refractivity contribution in [3.8, 4) is 5.75 Å². The highest BCUT2D eigenvalue weighted by molar-refractivity contribution is 5.84. The van der Waals surface area contributed by atoms with Gasteiger partial charge in [0.05, 0.1) is 6.61 Å². The lowest BCUT2D eigenvalue weighted by Crippen LogP contribution is -2.14. The first-order valence-corrected chi connectivity index (χ1v) is 8.45. The van der Waals surface area contributed by atoms with Gasteiger partial charge in [-0.1, -0.05) is 58.3 Å². The van der Waals surface area contributed by atoms with Crippen LogP contribution in [0.5, 0.6) is 5.75 Å². The first-order chi connectivity index (χ1) is 10.7. The van der Waals surface area contributed by atoms with Crippen molar-refractivity contribution < 1.29 is 14.6 Å². The Morgan fingerprint density at radius 1 is 0.955 bits per heavy atom. The molecule has 1 aromatic carbocycles. The molecule has 0 aromatic heterocycles. The highest BCUT2D eigenvalue weighted by Gasteiger charge is 2.02. The number of ether oxygens (including phenoxy) is 1. The molecule has 0 aliphatic heterocycles. The molecule has 0 aliphatic rings.